The lowest BCUT2D eigenvalue weighted by molar-refractivity contribution is -0.122. The lowest BCUT2D eigenvalue weighted by atomic mass is 9.69. The zero-order valence-electron chi connectivity index (χ0n) is 24.0. The summed E-state index contributed by atoms with van der Waals surface area (Å²) in [7, 11) is 1.67. The molecule has 2 amide bonds. The molecule has 2 N–H and O–H groups in total. The van der Waals surface area contributed by atoms with Gasteiger partial charge in [-0.05, 0) is 91.4 Å². The lowest BCUT2D eigenvalue weighted by Gasteiger charge is -2.31. The van der Waals surface area contributed by atoms with Crippen LogP contribution in [0.3, 0.4) is 0 Å². The van der Waals surface area contributed by atoms with E-state index in [0.29, 0.717) is 25.3 Å². The van der Waals surface area contributed by atoms with Crippen molar-refractivity contribution in [2.75, 3.05) is 30.5 Å². The van der Waals surface area contributed by atoms with Crippen LogP contribution in [0.2, 0.25) is 0 Å². The quantitative estimate of drug-likeness (QED) is 0.228. The van der Waals surface area contributed by atoms with Gasteiger partial charge in [0, 0.05) is 24.4 Å². The fourth-order valence-corrected chi connectivity index (χ4v) is 6.70. The number of benzene rings is 3. The van der Waals surface area contributed by atoms with Crippen molar-refractivity contribution in [1.29, 1.82) is 0 Å². The third-order valence-electron chi connectivity index (χ3n) is 8.62. The van der Waals surface area contributed by atoms with Crippen molar-refractivity contribution < 1.29 is 24.2 Å². The Morgan fingerprint density at radius 1 is 0.976 bits per heavy atom. The summed E-state index contributed by atoms with van der Waals surface area (Å²) in [6, 6.07) is 24.5. The Kier molecular flexibility index (Phi) is 7.96. The number of para-hydroxylation sites is 1. The molecule has 0 aromatic heterocycles. The number of carbonyl (C=O) groups is 2. The number of ether oxygens (including phenoxy) is 2. The number of phenolic OH excluding ortho intramolecular Hbond substituents is 1. The van der Waals surface area contributed by atoms with Crippen LogP contribution < -0.4 is 10.2 Å². The maximum absolute atomic E-state index is 13.9. The van der Waals surface area contributed by atoms with Gasteiger partial charge in [0.05, 0.1) is 36.8 Å². The van der Waals surface area contributed by atoms with Gasteiger partial charge in [0.25, 0.3) is 0 Å². The van der Waals surface area contributed by atoms with Crippen molar-refractivity contribution >= 4 is 35.0 Å². The topological polar surface area (TPSA) is 88.1 Å². The Morgan fingerprint density at radius 2 is 1.69 bits per heavy atom. The van der Waals surface area contributed by atoms with E-state index in [9.17, 15) is 14.7 Å². The van der Waals surface area contributed by atoms with E-state index in [0.717, 1.165) is 40.9 Å². The number of aromatic hydroxyl groups is 1. The van der Waals surface area contributed by atoms with Crippen LogP contribution in [0.1, 0.15) is 31.7 Å². The Bertz CT molecular complexity index is 1510. The molecule has 216 valence electrons. The number of phenols is 1. The molecule has 0 radical (unpaired) electrons. The van der Waals surface area contributed by atoms with Crippen molar-refractivity contribution in [1.82, 2.24) is 0 Å². The maximum Gasteiger partial charge on any atom is 0.238 e. The van der Waals surface area contributed by atoms with Crippen LogP contribution in [-0.4, -0.2) is 43.3 Å². The number of hydrogen-bond acceptors (Lipinski definition) is 6. The molecule has 4 atom stereocenters. The van der Waals surface area contributed by atoms with E-state index in [1.165, 1.54) is 10.5 Å². The Balaban J connectivity index is 1.18. The molecular weight excluding hydrogens is 528 g/mol. The lowest BCUT2D eigenvalue weighted by Crippen LogP contribution is -2.35. The first-order valence-electron chi connectivity index (χ1n) is 14.5. The molecule has 6 rings (SSSR count). The van der Waals surface area contributed by atoms with E-state index < -0.39 is 11.8 Å². The number of anilines is 3. The molecule has 7 heteroatoms. The number of nitrogens with zero attached hydrogens (tertiary/aromatic N) is 1. The van der Waals surface area contributed by atoms with Crippen LogP contribution in [0.15, 0.2) is 95.6 Å². The van der Waals surface area contributed by atoms with E-state index in [4.69, 9.17) is 9.47 Å². The second kappa shape index (κ2) is 12.0. The molecule has 0 unspecified atom stereocenters. The fraction of sp³-hybridized carbons (Fsp3) is 0.314. The highest BCUT2D eigenvalue weighted by atomic mass is 16.5. The number of allylic oxidation sites excluding steroid dienone is 1. The SMILES string of the molecule is COCC1=C2[C@@H](CC/C(C)=C/c3ccc(O)cc3)OC[C@@H]2[C@@H]2C(=O)N(c3ccc(Nc4ccccc4)cc3)C(=O)[C@@H]2C1. The number of hydrogen-bond donors (Lipinski definition) is 2. The van der Waals surface area contributed by atoms with Crippen LogP contribution >= 0.6 is 0 Å². The molecule has 3 aromatic rings. The number of nitrogens with one attached hydrogen (secondary N) is 1. The van der Waals surface area contributed by atoms with Gasteiger partial charge >= 0.3 is 0 Å². The second-order valence-corrected chi connectivity index (χ2v) is 11.4. The zero-order valence-corrected chi connectivity index (χ0v) is 24.0. The van der Waals surface area contributed by atoms with Gasteiger partial charge in [-0.2, -0.15) is 0 Å². The molecule has 42 heavy (non-hydrogen) atoms. The summed E-state index contributed by atoms with van der Waals surface area (Å²) in [5.74, 6) is -0.983. The maximum atomic E-state index is 13.9. The van der Waals surface area contributed by atoms with E-state index in [-0.39, 0.29) is 29.6 Å². The summed E-state index contributed by atoms with van der Waals surface area (Å²) in [5, 5.41) is 12.9. The first kappa shape index (κ1) is 27.9. The molecule has 2 heterocycles. The molecule has 3 aliphatic rings. The molecule has 2 saturated heterocycles. The third kappa shape index (κ3) is 5.50. The molecule has 1 aliphatic carbocycles. The highest BCUT2D eigenvalue weighted by Crippen LogP contribution is 2.50. The summed E-state index contributed by atoms with van der Waals surface area (Å²) < 4.78 is 11.9. The van der Waals surface area contributed by atoms with Crippen LogP contribution in [-0.2, 0) is 19.1 Å². The summed E-state index contributed by atoms with van der Waals surface area (Å²) in [4.78, 5) is 29.0. The summed E-state index contributed by atoms with van der Waals surface area (Å²) >= 11 is 0. The number of amides is 2. The smallest absolute Gasteiger partial charge is 0.238 e. The van der Waals surface area contributed by atoms with Gasteiger partial charge in [0.15, 0.2) is 0 Å². The number of methoxy groups -OCH3 is 1. The minimum absolute atomic E-state index is 0.107. The van der Waals surface area contributed by atoms with Crippen LogP contribution in [0.4, 0.5) is 17.1 Å². The standard InChI is InChI=1S/C35H36N2O5/c1-22(18-23-9-15-28(38)16-10-23)8-17-31-32-24(20-41-2)19-29-33(30(32)21-42-31)35(40)37(34(29)39)27-13-11-26(12-14-27)36-25-6-4-3-5-7-25/h3-7,9-16,18,29-31,33,36,38H,8,17,19-21H2,1-2H3/b22-18+/t29-,30+,31-,33-/m1/s1. The molecule has 0 bridgehead atoms. The van der Waals surface area contributed by atoms with Crippen LogP contribution in [0, 0.1) is 17.8 Å². The minimum atomic E-state index is -0.422. The van der Waals surface area contributed by atoms with Gasteiger partial charge in [0.2, 0.25) is 11.8 Å². The molecule has 7 nitrogen and oxygen atoms in total. The highest BCUT2D eigenvalue weighted by Gasteiger charge is 2.57. The molecule has 2 aliphatic heterocycles. The molecule has 0 spiro atoms. The van der Waals surface area contributed by atoms with Gasteiger partial charge in [0.1, 0.15) is 5.75 Å². The Morgan fingerprint density at radius 3 is 2.40 bits per heavy atom. The predicted molar refractivity (Wildman–Crippen MR) is 163 cm³/mol. The van der Waals surface area contributed by atoms with Crippen molar-refractivity contribution in [2.24, 2.45) is 17.8 Å². The number of imide groups is 1. The highest BCUT2D eigenvalue weighted by molar-refractivity contribution is 6.22. The van der Waals surface area contributed by atoms with Crippen LogP contribution in [0.5, 0.6) is 5.75 Å². The predicted octanol–water partition coefficient (Wildman–Crippen LogP) is 6.49. The first-order chi connectivity index (χ1) is 20.4. The average molecular weight is 565 g/mol. The van der Waals surface area contributed by atoms with Gasteiger partial charge in [-0.25, -0.2) is 0 Å². The average Bonchev–Trinajstić information content (AvgIpc) is 3.53. The Labute approximate surface area is 246 Å². The van der Waals surface area contributed by atoms with Crippen LogP contribution in [0.25, 0.3) is 6.08 Å². The molecule has 3 aromatic carbocycles. The molecule has 2 fully saturated rings. The summed E-state index contributed by atoms with van der Waals surface area (Å²) in [6.45, 7) is 2.96. The number of fused-ring (bicyclic) bond motifs is 3. The number of rotatable bonds is 9. The monoisotopic (exact) mass is 564 g/mol. The number of carbonyl (C=O) groups excluding carboxylic acids is 2. The van der Waals surface area contributed by atoms with E-state index in [1.54, 1.807) is 19.2 Å². The van der Waals surface area contributed by atoms with Gasteiger partial charge in [-0.1, -0.05) is 42.0 Å². The van der Waals surface area contributed by atoms with Gasteiger partial charge in [-0.15, -0.1) is 0 Å². The third-order valence-corrected chi connectivity index (χ3v) is 8.62. The Hall–Kier alpha value is -4.20. The van der Waals surface area contributed by atoms with E-state index in [2.05, 4.69) is 18.3 Å². The normalized spacial score (nSPS) is 23.8. The van der Waals surface area contributed by atoms with Crippen molar-refractivity contribution in [3.05, 3.63) is 101 Å². The van der Waals surface area contributed by atoms with E-state index in [1.807, 2.05) is 66.7 Å². The van der Waals surface area contributed by atoms with Crippen molar-refractivity contribution in [3.8, 4) is 5.75 Å². The summed E-state index contributed by atoms with van der Waals surface area (Å²) in [5.41, 5.74) is 6.94. The second-order valence-electron chi connectivity index (χ2n) is 11.4. The zero-order chi connectivity index (χ0) is 29.2. The first-order valence-corrected chi connectivity index (χ1v) is 14.5. The van der Waals surface area contributed by atoms with Gasteiger partial charge in [-0.3, -0.25) is 14.5 Å². The minimum Gasteiger partial charge on any atom is -0.508 e. The summed E-state index contributed by atoms with van der Waals surface area (Å²) in [6.07, 6.45) is 4.15. The largest absolute Gasteiger partial charge is 0.508 e. The molecule has 0 saturated carbocycles. The van der Waals surface area contributed by atoms with Gasteiger partial charge < -0.3 is 19.9 Å². The van der Waals surface area contributed by atoms with Crippen molar-refractivity contribution in [3.63, 3.8) is 0 Å². The van der Waals surface area contributed by atoms with E-state index >= 15 is 0 Å². The fourth-order valence-electron chi connectivity index (χ4n) is 6.70. The van der Waals surface area contributed by atoms with Crippen molar-refractivity contribution in [2.45, 2.75) is 32.3 Å². The molecular formula is C35H36N2O5.